The van der Waals surface area contributed by atoms with Crippen LogP contribution < -0.4 is 15.0 Å². The van der Waals surface area contributed by atoms with Crippen molar-refractivity contribution in [3.63, 3.8) is 0 Å². The molecule has 0 saturated carbocycles. The van der Waals surface area contributed by atoms with E-state index < -0.39 is 6.36 Å². The van der Waals surface area contributed by atoms with Crippen LogP contribution in [0, 0.1) is 24.2 Å². The molecule has 1 aromatic carbocycles. The quantitative estimate of drug-likeness (QED) is 0.755. The summed E-state index contributed by atoms with van der Waals surface area (Å²) in [6.07, 6.45) is 3.35. The van der Waals surface area contributed by atoms with Crippen molar-refractivity contribution in [2.75, 3.05) is 19.6 Å². The van der Waals surface area contributed by atoms with Crippen LogP contribution in [-0.4, -0.2) is 32.0 Å². The molecule has 24 heavy (non-hydrogen) atoms. The van der Waals surface area contributed by atoms with E-state index >= 15 is 0 Å². The molecule has 1 aromatic rings. The van der Waals surface area contributed by atoms with E-state index in [1.807, 2.05) is 6.07 Å². The Labute approximate surface area is 140 Å². The van der Waals surface area contributed by atoms with E-state index in [2.05, 4.69) is 16.0 Å². The van der Waals surface area contributed by atoms with Gasteiger partial charge in [0.25, 0.3) is 0 Å². The average Bonchev–Trinajstić information content (AvgIpc) is 2.54. The highest BCUT2D eigenvalue weighted by molar-refractivity contribution is 5.28. The summed E-state index contributed by atoms with van der Waals surface area (Å²) in [4.78, 5) is 1.59. The Bertz CT molecular complexity index is 611. The summed E-state index contributed by atoms with van der Waals surface area (Å²) >= 11 is 0. The fourth-order valence-electron chi connectivity index (χ4n) is 4.09. The van der Waals surface area contributed by atoms with Gasteiger partial charge >= 0.3 is 6.36 Å². The third-order valence-corrected chi connectivity index (χ3v) is 5.23. The monoisotopic (exact) mass is 340 g/mol. The van der Waals surface area contributed by atoms with E-state index in [0.29, 0.717) is 24.4 Å². The lowest BCUT2D eigenvalue weighted by molar-refractivity contribution is -0.958. The first-order chi connectivity index (χ1) is 11.4. The average molecular weight is 340 g/mol. The number of nitrogens with two attached hydrogens (primary N) is 1. The summed E-state index contributed by atoms with van der Waals surface area (Å²) in [5.41, 5.74) is 0.837. The molecule has 6 heteroatoms. The fraction of sp³-hybridized carbons (Fsp3) is 0.556. The van der Waals surface area contributed by atoms with Gasteiger partial charge in [-0.05, 0) is 18.1 Å². The highest BCUT2D eigenvalue weighted by atomic mass is 19.4. The third kappa shape index (κ3) is 4.22. The summed E-state index contributed by atoms with van der Waals surface area (Å²) in [5, 5.41) is 2.18. The molecule has 3 aliphatic heterocycles. The summed E-state index contributed by atoms with van der Waals surface area (Å²) in [6.45, 7) is 3.89. The molecular weight excluding hydrogens is 317 g/mol. The maximum atomic E-state index is 12.3. The van der Waals surface area contributed by atoms with Gasteiger partial charge in [-0.15, -0.1) is 19.6 Å². The summed E-state index contributed by atoms with van der Waals surface area (Å²) < 4.78 is 40.8. The zero-order valence-corrected chi connectivity index (χ0v) is 13.5. The largest absolute Gasteiger partial charge is 0.573 e. The minimum absolute atomic E-state index is 0.156. The van der Waals surface area contributed by atoms with Gasteiger partial charge in [0.15, 0.2) is 0 Å². The smallest absolute Gasteiger partial charge is 0.406 e. The fourth-order valence-corrected chi connectivity index (χ4v) is 4.09. The number of fused-ring (bicyclic) bond motifs is 3. The van der Waals surface area contributed by atoms with Crippen molar-refractivity contribution in [2.24, 2.45) is 11.8 Å². The molecule has 0 spiro atoms. The molecule has 2 bridgehead atoms. The van der Waals surface area contributed by atoms with Gasteiger partial charge in [0.1, 0.15) is 24.9 Å². The molecule has 0 aromatic heterocycles. The van der Waals surface area contributed by atoms with Crippen LogP contribution in [0.2, 0.25) is 0 Å². The Hall–Kier alpha value is -1.71. The van der Waals surface area contributed by atoms with Crippen LogP contribution >= 0.6 is 0 Å². The van der Waals surface area contributed by atoms with Gasteiger partial charge in [0, 0.05) is 18.4 Å². The lowest BCUT2D eigenvalue weighted by Gasteiger charge is -2.44. The van der Waals surface area contributed by atoms with Gasteiger partial charge in [-0.25, -0.2) is 0 Å². The molecule has 1 unspecified atom stereocenters. The third-order valence-electron chi connectivity index (χ3n) is 5.23. The number of ether oxygens (including phenoxy) is 1. The molecule has 4 atom stereocenters. The summed E-state index contributed by atoms with van der Waals surface area (Å²) in [5.74, 6) is 3.84. The number of hydrogen-bond donors (Lipinski definition) is 2. The normalized spacial score (nSPS) is 29.2. The number of rotatable bonds is 5. The molecule has 0 aliphatic carbocycles. The van der Waals surface area contributed by atoms with Crippen LogP contribution in [-0.2, 0) is 6.54 Å². The second kappa shape index (κ2) is 7.04. The van der Waals surface area contributed by atoms with E-state index in [9.17, 15) is 13.2 Å². The van der Waals surface area contributed by atoms with Gasteiger partial charge in [-0.3, -0.25) is 0 Å². The van der Waals surface area contributed by atoms with Gasteiger partial charge in [-0.2, -0.15) is 0 Å². The maximum absolute atomic E-state index is 12.3. The van der Waals surface area contributed by atoms with Crippen LogP contribution in [0.3, 0.4) is 0 Å². The molecule has 3 fully saturated rings. The Kier molecular flexibility index (Phi) is 5.02. The molecule has 3 nitrogen and oxygen atoms in total. The molecule has 3 N–H and O–H groups in total. The zero-order chi connectivity index (χ0) is 17.2. The first-order valence-corrected chi connectivity index (χ1v) is 8.41. The first-order valence-electron chi connectivity index (χ1n) is 8.41. The number of benzene rings is 1. The standard InChI is InChI=1S/C18H21F3N2O/c1-2-14-12-23-7-6-15(14)9-16(23)11-22-10-13-4-3-5-17(8-13)24-18(19,20)21/h1,3-5,8,14-16,22H,6-7,9-12H2/p+2/t14-,15-,16+/m0/s1. The number of halogens is 3. The Morgan fingerprint density at radius 2 is 2.21 bits per heavy atom. The van der Waals surface area contributed by atoms with E-state index in [4.69, 9.17) is 6.42 Å². The van der Waals surface area contributed by atoms with E-state index in [1.54, 1.807) is 11.0 Å². The Morgan fingerprint density at radius 3 is 2.88 bits per heavy atom. The van der Waals surface area contributed by atoms with Gasteiger partial charge < -0.3 is 15.0 Å². The van der Waals surface area contributed by atoms with Gasteiger partial charge in [-0.1, -0.05) is 18.1 Å². The topological polar surface area (TPSA) is 30.3 Å². The predicted molar refractivity (Wildman–Crippen MR) is 83.2 cm³/mol. The highest BCUT2D eigenvalue weighted by Crippen LogP contribution is 2.26. The van der Waals surface area contributed by atoms with Crippen molar-refractivity contribution in [2.45, 2.75) is 31.8 Å². The Balaban J connectivity index is 1.49. The molecule has 3 heterocycles. The molecule has 4 rings (SSSR count). The minimum Gasteiger partial charge on any atom is -0.406 e. The van der Waals surface area contributed by atoms with Gasteiger partial charge in [0.05, 0.1) is 19.0 Å². The van der Waals surface area contributed by atoms with Crippen LogP contribution in [0.25, 0.3) is 0 Å². The van der Waals surface area contributed by atoms with Crippen LogP contribution in [0.15, 0.2) is 24.3 Å². The molecular formula is C18H23F3N2O+2. The highest BCUT2D eigenvalue weighted by Gasteiger charge is 2.43. The van der Waals surface area contributed by atoms with Crippen molar-refractivity contribution in [3.8, 4) is 18.1 Å². The van der Waals surface area contributed by atoms with Crippen molar-refractivity contribution in [1.82, 2.24) is 0 Å². The molecule has 0 radical (unpaired) electrons. The SMILES string of the molecule is C#C[C@H]1C[NH+]2CC[C@H]1C[C@@H]2C[NH2+]Cc1cccc(OC(F)(F)F)c1. The second-order valence-electron chi connectivity index (χ2n) is 6.79. The minimum atomic E-state index is -4.64. The molecule has 0 amide bonds. The summed E-state index contributed by atoms with van der Waals surface area (Å²) in [7, 11) is 0. The van der Waals surface area contributed by atoms with E-state index in [-0.39, 0.29) is 5.75 Å². The Morgan fingerprint density at radius 1 is 1.38 bits per heavy atom. The lowest BCUT2D eigenvalue weighted by atomic mass is 9.76. The summed E-state index contributed by atoms with van der Waals surface area (Å²) in [6, 6.07) is 6.81. The van der Waals surface area contributed by atoms with Crippen LogP contribution in [0.5, 0.6) is 5.75 Å². The number of alkyl halides is 3. The second-order valence-corrected chi connectivity index (χ2v) is 6.79. The van der Waals surface area contributed by atoms with Crippen LogP contribution in [0.1, 0.15) is 18.4 Å². The van der Waals surface area contributed by atoms with E-state index in [0.717, 1.165) is 25.1 Å². The van der Waals surface area contributed by atoms with Crippen molar-refractivity contribution in [1.29, 1.82) is 0 Å². The number of quaternary nitrogens is 2. The number of hydrogen-bond acceptors (Lipinski definition) is 1. The van der Waals surface area contributed by atoms with Crippen molar-refractivity contribution in [3.05, 3.63) is 29.8 Å². The molecule has 130 valence electrons. The predicted octanol–water partition coefficient (Wildman–Crippen LogP) is 0.575. The zero-order valence-electron chi connectivity index (χ0n) is 13.5. The van der Waals surface area contributed by atoms with Gasteiger partial charge in [0.2, 0.25) is 0 Å². The number of piperidine rings is 3. The first kappa shape index (κ1) is 17.1. The van der Waals surface area contributed by atoms with Crippen LogP contribution in [0.4, 0.5) is 13.2 Å². The van der Waals surface area contributed by atoms with E-state index in [1.165, 1.54) is 25.1 Å². The van der Waals surface area contributed by atoms with Crippen molar-refractivity contribution >= 4 is 0 Å². The lowest BCUT2D eigenvalue weighted by Crippen LogP contribution is -3.21. The number of terminal acetylenes is 1. The molecule has 3 saturated heterocycles. The molecule has 3 aliphatic rings. The maximum Gasteiger partial charge on any atom is 0.573 e. The number of nitrogens with one attached hydrogen (secondary N) is 1. The van der Waals surface area contributed by atoms with Crippen molar-refractivity contribution < 1.29 is 28.1 Å².